The molecule has 10 heteroatoms. The number of nitrogens with zero attached hydrogens (tertiary/aromatic N) is 5. The van der Waals surface area contributed by atoms with Gasteiger partial charge in [-0.3, -0.25) is 4.90 Å². The number of amides is 1. The number of aromatic nitrogens is 2. The summed E-state index contributed by atoms with van der Waals surface area (Å²) >= 11 is 0. The van der Waals surface area contributed by atoms with Crippen LogP contribution in [-0.4, -0.2) is 64.9 Å². The summed E-state index contributed by atoms with van der Waals surface area (Å²) in [5.74, 6) is 0.509. The number of anilines is 2. The molecular weight excluding hydrogens is 421 g/mol. The van der Waals surface area contributed by atoms with E-state index in [1.165, 1.54) is 23.1 Å². The van der Waals surface area contributed by atoms with Gasteiger partial charge in [-0.05, 0) is 42.4 Å². The highest BCUT2D eigenvalue weighted by atomic mass is 19.4. The van der Waals surface area contributed by atoms with Gasteiger partial charge in [-0.15, -0.1) is 0 Å². The molecule has 32 heavy (non-hydrogen) atoms. The number of likely N-dealkylation sites (tertiary alicyclic amines) is 2. The molecule has 0 aliphatic carbocycles. The lowest BCUT2D eigenvalue weighted by Crippen LogP contribution is -2.36. The Morgan fingerprint density at radius 2 is 1.78 bits per heavy atom. The van der Waals surface area contributed by atoms with Gasteiger partial charge in [-0.2, -0.15) is 23.0 Å². The largest absolute Gasteiger partial charge is 0.416 e. The van der Waals surface area contributed by atoms with Crippen LogP contribution in [0.25, 0.3) is 0 Å². The number of alkyl halides is 3. The molecule has 172 valence electrons. The summed E-state index contributed by atoms with van der Waals surface area (Å²) in [6.45, 7) is 4.42. The summed E-state index contributed by atoms with van der Waals surface area (Å²) < 4.78 is 42.7. The number of nitrogen functional groups attached to an aromatic ring is 1. The molecular formula is C22H27F3N6O. The van der Waals surface area contributed by atoms with E-state index in [1.54, 1.807) is 11.0 Å². The molecule has 0 radical (unpaired) electrons. The molecule has 5 rings (SSSR count). The third-order valence-electron chi connectivity index (χ3n) is 6.89. The zero-order chi connectivity index (χ0) is 22.5. The summed E-state index contributed by atoms with van der Waals surface area (Å²) in [5, 5.41) is 3.97. The maximum Gasteiger partial charge on any atom is 0.416 e. The highest BCUT2D eigenvalue weighted by molar-refractivity contribution is 5.77. The summed E-state index contributed by atoms with van der Waals surface area (Å²) in [6.07, 6.45) is 0.590. The smallest absolute Gasteiger partial charge is 0.396 e. The van der Waals surface area contributed by atoms with Crippen LogP contribution in [0.1, 0.15) is 24.0 Å². The van der Waals surface area contributed by atoms with E-state index in [0.29, 0.717) is 43.1 Å². The highest BCUT2D eigenvalue weighted by Gasteiger charge is 2.43. The van der Waals surface area contributed by atoms with E-state index in [2.05, 4.69) is 10.00 Å². The lowest BCUT2D eigenvalue weighted by atomic mass is 10.0. The monoisotopic (exact) mass is 448 g/mol. The number of hydrogen-bond donors (Lipinski definition) is 1. The number of carbonyl (C=O) groups excluding carboxylic acids is 1. The molecule has 3 saturated heterocycles. The van der Waals surface area contributed by atoms with Gasteiger partial charge in [0.2, 0.25) is 0 Å². The van der Waals surface area contributed by atoms with Gasteiger partial charge in [0, 0.05) is 51.5 Å². The van der Waals surface area contributed by atoms with Crippen LogP contribution < -0.4 is 10.6 Å². The van der Waals surface area contributed by atoms with Crippen molar-refractivity contribution >= 4 is 17.4 Å². The Morgan fingerprint density at radius 3 is 2.38 bits per heavy atom. The first-order valence-electron chi connectivity index (χ1n) is 11.0. The summed E-state index contributed by atoms with van der Waals surface area (Å²) in [4.78, 5) is 18.5. The quantitative estimate of drug-likeness (QED) is 0.782. The molecule has 1 aromatic heterocycles. The van der Waals surface area contributed by atoms with E-state index in [4.69, 9.17) is 5.73 Å². The van der Waals surface area contributed by atoms with Crippen molar-refractivity contribution in [2.24, 2.45) is 11.8 Å². The highest BCUT2D eigenvalue weighted by Crippen LogP contribution is 2.38. The molecule has 1 aromatic carbocycles. The van der Waals surface area contributed by atoms with Gasteiger partial charge in [0.25, 0.3) is 0 Å². The van der Waals surface area contributed by atoms with Gasteiger partial charge in [0.05, 0.1) is 23.6 Å². The molecule has 3 aliphatic heterocycles. The van der Waals surface area contributed by atoms with Gasteiger partial charge in [0.1, 0.15) is 0 Å². The maximum atomic E-state index is 13.8. The Bertz CT molecular complexity index is 986. The lowest BCUT2D eigenvalue weighted by molar-refractivity contribution is -0.138. The average Bonchev–Trinajstić information content (AvgIpc) is 3.51. The fourth-order valence-electron chi connectivity index (χ4n) is 5.34. The number of benzene rings is 1. The number of hydrogen-bond acceptors (Lipinski definition) is 5. The SMILES string of the molecule is Nc1cnn(C(=O)N2CC3CN(Cc4ccc(N5CCCC5)cc4C(F)(F)F)CC3C2)c1. The van der Waals surface area contributed by atoms with Crippen LogP contribution in [0, 0.1) is 11.8 Å². The molecule has 3 aliphatic rings. The molecule has 0 saturated carbocycles. The van der Waals surface area contributed by atoms with Crippen LogP contribution in [0.3, 0.4) is 0 Å². The van der Waals surface area contributed by atoms with Crippen LogP contribution in [0.5, 0.6) is 0 Å². The lowest BCUT2D eigenvalue weighted by Gasteiger charge is -2.24. The van der Waals surface area contributed by atoms with E-state index in [1.807, 2.05) is 11.0 Å². The Balaban J connectivity index is 1.25. The maximum absolute atomic E-state index is 13.8. The normalized spacial score (nSPS) is 23.8. The molecule has 7 nitrogen and oxygen atoms in total. The second-order valence-electron chi connectivity index (χ2n) is 9.15. The van der Waals surface area contributed by atoms with Crippen molar-refractivity contribution in [3.05, 3.63) is 41.7 Å². The molecule has 0 spiro atoms. The molecule has 4 heterocycles. The first-order chi connectivity index (χ1) is 15.3. The summed E-state index contributed by atoms with van der Waals surface area (Å²) in [5.41, 5.74) is 6.52. The third-order valence-corrected chi connectivity index (χ3v) is 6.89. The predicted octanol–water partition coefficient (Wildman–Crippen LogP) is 3.12. The molecule has 0 bridgehead atoms. The number of halogens is 3. The van der Waals surface area contributed by atoms with Crippen molar-refractivity contribution in [2.75, 3.05) is 49.9 Å². The van der Waals surface area contributed by atoms with Gasteiger partial charge in [0.15, 0.2) is 0 Å². The Kier molecular flexibility index (Phi) is 5.27. The van der Waals surface area contributed by atoms with Crippen LogP contribution >= 0.6 is 0 Å². The standard InChI is InChI=1S/C22H27F3N6O/c23-22(24,25)20-7-19(29-5-1-2-6-29)4-3-15(20)9-28-10-16-12-30(13-17(16)11-28)21(32)31-14-18(26)8-27-31/h3-4,7-8,14,16-17H,1-2,5-6,9-13,26H2. The van der Waals surface area contributed by atoms with E-state index < -0.39 is 11.7 Å². The molecule has 2 N–H and O–H groups in total. The Labute approximate surface area is 184 Å². The van der Waals surface area contributed by atoms with Crippen molar-refractivity contribution in [1.82, 2.24) is 19.6 Å². The number of nitrogens with two attached hydrogens (primary N) is 1. The van der Waals surface area contributed by atoms with E-state index >= 15 is 0 Å². The summed E-state index contributed by atoms with van der Waals surface area (Å²) in [7, 11) is 0. The van der Waals surface area contributed by atoms with Gasteiger partial charge < -0.3 is 15.5 Å². The van der Waals surface area contributed by atoms with E-state index in [9.17, 15) is 18.0 Å². The van der Waals surface area contributed by atoms with Crippen molar-refractivity contribution in [1.29, 1.82) is 0 Å². The Morgan fingerprint density at radius 1 is 1.09 bits per heavy atom. The minimum Gasteiger partial charge on any atom is -0.396 e. The van der Waals surface area contributed by atoms with Crippen LogP contribution in [-0.2, 0) is 12.7 Å². The minimum atomic E-state index is -4.38. The number of carbonyl (C=O) groups is 1. The average molecular weight is 448 g/mol. The fraction of sp³-hybridized carbons (Fsp3) is 0.545. The zero-order valence-electron chi connectivity index (χ0n) is 17.8. The van der Waals surface area contributed by atoms with Crippen LogP contribution in [0.15, 0.2) is 30.6 Å². The van der Waals surface area contributed by atoms with Gasteiger partial charge in [-0.25, -0.2) is 4.79 Å². The third kappa shape index (κ3) is 4.03. The first kappa shape index (κ1) is 21.1. The molecule has 2 unspecified atom stereocenters. The zero-order valence-corrected chi connectivity index (χ0v) is 17.8. The Hall–Kier alpha value is -2.75. The molecule has 3 fully saturated rings. The number of fused-ring (bicyclic) bond motifs is 1. The van der Waals surface area contributed by atoms with Crippen LogP contribution in [0.2, 0.25) is 0 Å². The summed E-state index contributed by atoms with van der Waals surface area (Å²) in [6, 6.07) is 4.57. The van der Waals surface area contributed by atoms with Crippen LogP contribution in [0.4, 0.5) is 29.3 Å². The second kappa shape index (κ2) is 7.99. The minimum absolute atomic E-state index is 0.209. The van der Waals surface area contributed by atoms with Crippen molar-refractivity contribution < 1.29 is 18.0 Å². The van der Waals surface area contributed by atoms with E-state index in [0.717, 1.165) is 25.9 Å². The van der Waals surface area contributed by atoms with Crippen molar-refractivity contribution in [3.63, 3.8) is 0 Å². The predicted molar refractivity (Wildman–Crippen MR) is 114 cm³/mol. The van der Waals surface area contributed by atoms with E-state index in [-0.39, 0.29) is 24.4 Å². The van der Waals surface area contributed by atoms with Gasteiger partial charge >= 0.3 is 12.2 Å². The molecule has 2 atom stereocenters. The molecule has 1 amide bonds. The topological polar surface area (TPSA) is 70.6 Å². The second-order valence-corrected chi connectivity index (χ2v) is 9.15. The molecule has 2 aromatic rings. The number of rotatable bonds is 3. The van der Waals surface area contributed by atoms with Crippen molar-refractivity contribution in [3.8, 4) is 0 Å². The first-order valence-corrected chi connectivity index (χ1v) is 11.0. The fourth-order valence-corrected chi connectivity index (χ4v) is 5.34. The van der Waals surface area contributed by atoms with Crippen molar-refractivity contribution in [2.45, 2.75) is 25.6 Å². The van der Waals surface area contributed by atoms with Gasteiger partial charge in [-0.1, -0.05) is 6.07 Å².